The van der Waals surface area contributed by atoms with Gasteiger partial charge in [-0.3, -0.25) is 10.1 Å². The second-order valence-corrected chi connectivity index (χ2v) is 5.84. The first-order valence-corrected chi connectivity index (χ1v) is 7.90. The number of ether oxygens (including phenoxy) is 1. The molecule has 1 saturated heterocycles. The van der Waals surface area contributed by atoms with Gasteiger partial charge in [0.25, 0.3) is 0 Å². The molecule has 1 aliphatic carbocycles. The predicted molar refractivity (Wildman–Crippen MR) is 75.8 cm³/mol. The van der Waals surface area contributed by atoms with E-state index in [1.807, 2.05) is 4.90 Å². The van der Waals surface area contributed by atoms with Crippen molar-refractivity contribution in [1.29, 1.82) is 0 Å². The Bertz CT molecular complexity index is 292. The van der Waals surface area contributed by atoms with Crippen molar-refractivity contribution in [2.24, 2.45) is 5.92 Å². The summed E-state index contributed by atoms with van der Waals surface area (Å²) in [6, 6.07) is 0.0314. The Morgan fingerprint density at radius 3 is 2.79 bits per heavy atom. The van der Waals surface area contributed by atoms with Gasteiger partial charge in [-0.2, -0.15) is 0 Å². The molecule has 2 unspecified atom stereocenters. The maximum atomic E-state index is 12.2. The number of carbonyl (C=O) groups excluding carboxylic acids is 1. The number of hydrogen-bond donors (Lipinski definition) is 1. The standard InChI is InChI=1S/C15H28N2O2/c1-3-6-14-16-13(4-2)15(18)17(14)9-5-10-19-11-12-7-8-12/h12-14,16H,3-11H2,1-2H3. The zero-order valence-electron chi connectivity index (χ0n) is 12.4. The largest absolute Gasteiger partial charge is 0.381 e. The molecule has 2 rings (SSSR count). The average molecular weight is 268 g/mol. The van der Waals surface area contributed by atoms with Crippen LogP contribution >= 0.6 is 0 Å². The van der Waals surface area contributed by atoms with E-state index in [0.29, 0.717) is 0 Å². The van der Waals surface area contributed by atoms with E-state index >= 15 is 0 Å². The molecule has 19 heavy (non-hydrogen) atoms. The molecule has 1 amide bonds. The highest BCUT2D eigenvalue weighted by Gasteiger charge is 2.36. The van der Waals surface area contributed by atoms with Gasteiger partial charge in [-0.05, 0) is 38.0 Å². The molecule has 4 nitrogen and oxygen atoms in total. The normalized spacial score (nSPS) is 27.3. The maximum Gasteiger partial charge on any atom is 0.241 e. The van der Waals surface area contributed by atoms with Gasteiger partial charge in [0.05, 0.1) is 12.2 Å². The predicted octanol–water partition coefficient (Wildman–Crippen LogP) is 2.14. The van der Waals surface area contributed by atoms with Crippen LogP contribution in [-0.4, -0.2) is 42.8 Å². The van der Waals surface area contributed by atoms with Gasteiger partial charge in [-0.1, -0.05) is 20.3 Å². The van der Waals surface area contributed by atoms with E-state index in [4.69, 9.17) is 4.74 Å². The van der Waals surface area contributed by atoms with Crippen molar-refractivity contribution < 1.29 is 9.53 Å². The lowest BCUT2D eigenvalue weighted by molar-refractivity contribution is -0.130. The summed E-state index contributed by atoms with van der Waals surface area (Å²) in [5.41, 5.74) is 0. The minimum absolute atomic E-state index is 0.0314. The summed E-state index contributed by atoms with van der Waals surface area (Å²) in [7, 11) is 0. The molecule has 0 bridgehead atoms. The Kier molecular flexibility index (Phi) is 5.64. The minimum Gasteiger partial charge on any atom is -0.381 e. The Balaban J connectivity index is 1.69. The van der Waals surface area contributed by atoms with Gasteiger partial charge in [-0.25, -0.2) is 0 Å². The summed E-state index contributed by atoms with van der Waals surface area (Å²) < 4.78 is 5.64. The number of rotatable bonds is 9. The van der Waals surface area contributed by atoms with Crippen LogP contribution in [-0.2, 0) is 9.53 Å². The van der Waals surface area contributed by atoms with Crippen molar-refractivity contribution in [2.45, 2.75) is 64.6 Å². The van der Waals surface area contributed by atoms with Crippen LogP contribution in [0.15, 0.2) is 0 Å². The van der Waals surface area contributed by atoms with E-state index in [0.717, 1.165) is 51.4 Å². The van der Waals surface area contributed by atoms with Crippen molar-refractivity contribution in [3.63, 3.8) is 0 Å². The first-order chi connectivity index (χ1) is 9.26. The van der Waals surface area contributed by atoms with E-state index in [9.17, 15) is 4.79 Å². The summed E-state index contributed by atoms with van der Waals surface area (Å²) in [6.07, 6.45) is 6.91. The maximum absolute atomic E-state index is 12.2. The molecule has 110 valence electrons. The molecule has 1 heterocycles. The van der Waals surface area contributed by atoms with Gasteiger partial charge in [0, 0.05) is 19.8 Å². The highest BCUT2D eigenvalue weighted by atomic mass is 16.5. The summed E-state index contributed by atoms with van der Waals surface area (Å²) in [4.78, 5) is 14.3. The Labute approximate surface area is 116 Å². The molecule has 1 saturated carbocycles. The second kappa shape index (κ2) is 7.25. The second-order valence-electron chi connectivity index (χ2n) is 5.84. The lowest BCUT2D eigenvalue weighted by atomic mass is 10.2. The molecular formula is C15H28N2O2. The molecule has 0 aromatic rings. The van der Waals surface area contributed by atoms with E-state index in [1.165, 1.54) is 12.8 Å². The zero-order valence-corrected chi connectivity index (χ0v) is 12.4. The minimum atomic E-state index is 0.0314. The van der Waals surface area contributed by atoms with Crippen LogP contribution in [0.3, 0.4) is 0 Å². The Morgan fingerprint density at radius 2 is 2.16 bits per heavy atom. The third-order valence-corrected chi connectivity index (χ3v) is 4.06. The summed E-state index contributed by atoms with van der Waals surface area (Å²) in [5, 5.41) is 3.45. The zero-order chi connectivity index (χ0) is 13.7. The van der Waals surface area contributed by atoms with E-state index < -0.39 is 0 Å². The molecule has 2 atom stereocenters. The fraction of sp³-hybridized carbons (Fsp3) is 0.933. The quantitative estimate of drug-likeness (QED) is 0.651. The molecule has 0 aromatic carbocycles. The van der Waals surface area contributed by atoms with Gasteiger partial charge >= 0.3 is 0 Å². The molecule has 0 aromatic heterocycles. The highest BCUT2D eigenvalue weighted by molar-refractivity contribution is 5.84. The first-order valence-electron chi connectivity index (χ1n) is 7.90. The van der Waals surface area contributed by atoms with Crippen molar-refractivity contribution in [3.8, 4) is 0 Å². The van der Waals surface area contributed by atoms with Gasteiger partial charge in [0.15, 0.2) is 0 Å². The third kappa shape index (κ3) is 4.18. The van der Waals surface area contributed by atoms with Gasteiger partial charge in [0.2, 0.25) is 5.91 Å². The fourth-order valence-electron chi connectivity index (χ4n) is 2.69. The van der Waals surface area contributed by atoms with Gasteiger partial charge in [-0.15, -0.1) is 0 Å². The number of hydrogen-bond acceptors (Lipinski definition) is 3. The Hall–Kier alpha value is -0.610. The van der Waals surface area contributed by atoms with Crippen LogP contribution in [0.4, 0.5) is 0 Å². The van der Waals surface area contributed by atoms with E-state index in [-0.39, 0.29) is 18.1 Å². The lowest BCUT2D eigenvalue weighted by Gasteiger charge is -2.23. The molecule has 1 aliphatic heterocycles. The summed E-state index contributed by atoms with van der Waals surface area (Å²) in [6.45, 7) is 6.78. The number of nitrogens with zero attached hydrogens (tertiary/aromatic N) is 1. The van der Waals surface area contributed by atoms with Crippen molar-refractivity contribution in [1.82, 2.24) is 10.2 Å². The number of nitrogens with one attached hydrogen (secondary N) is 1. The van der Waals surface area contributed by atoms with Gasteiger partial charge in [0.1, 0.15) is 0 Å². The third-order valence-electron chi connectivity index (χ3n) is 4.06. The van der Waals surface area contributed by atoms with Crippen LogP contribution in [0, 0.1) is 5.92 Å². The fourth-order valence-corrected chi connectivity index (χ4v) is 2.69. The number of amides is 1. The summed E-state index contributed by atoms with van der Waals surface area (Å²) in [5.74, 6) is 1.11. The van der Waals surface area contributed by atoms with Crippen LogP contribution in [0.25, 0.3) is 0 Å². The SMILES string of the molecule is CCCC1NC(CC)C(=O)N1CCCOCC1CC1. The van der Waals surface area contributed by atoms with Gasteiger partial charge < -0.3 is 9.64 Å². The first kappa shape index (κ1) is 14.8. The molecule has 2 fully saturated rings. The molecule has 0 radical (unpaired) electrons. The Morgan fingerprint density at radius 1 is 1.37 bits per heavy atom. The average Bonchev–Trinajstić information content (AvgIpc) is 3.18. The monoisotopic (exact) mass is 268 g/mol. The lowest BCUT2D eigenvalue weighted by Crippen LogP contribution is -2.38. The molecule has 0 spiro atoms. The number of carbonyl (C=O) groups is 1. The molecule has 1 N–H and O–H groups in total. The van der Waals surface area contributed by atoms with Crippen LogP contribution < -0.4 is 5.32 Å². The van der Waals surface area contributed by atoms with Crippen LogP contribution in [0.2, 0.25) is 0 Å². The highest BCUT2D eigenvalue weighted by Crippen LogP contribution is 2.28. The smallest absolute Gasteiger partial charge is 0.241 e. The van der Waals surface area contributed by atoms with Crippen molar-refractivity contribution >= 4 is 5.91 Å². The van der Waals surface area contributed by atoms with E-state index in [2.05, 4.69) is 19.2 Å². The summed E-state index contributed by atoms with van der Waals surface area (Å²) >= 11 is 0. The molecule has 2 aliphatic rings. The van der Waals surface area contributed by atoms with Crippen molar-refractivity contribution in [2.75, 3.05) is 19.8 Å². The molecular weight excluding hydrogens is 240 g/mol. The van der Waals surface area contributed by atoms with Crippen LogP contribution in [0.5, 0.6) is 0 Å². The molecule has 4 heteroatoms. The topological polar surface area (TPSA) is 41.6 Å². The van der Waals surface area contributed by atoms with E-state index in [1.54, 1.807) is 0 Å². The van der Waals surface area contributed by atoms with Crippen LogP contribution in [0.1, 0.15) is 52.4 Å². The van der Waals surface area contributed by atoms with Crippen molar-refractivity contribution in [3.05, 3.63) is 0 Å².